The molecule has 3 amide bonds. The summed E-state index contributed by atoms with van der Waals surface area (Å²) in [6, 6.07) is 2.74. The van der Waals surface area contributed by atoms with E-state index < -0.39 is 69.1 Å². The average molecular weight is 601 g/mol. The molecule has 4 aliphatic rings. The molecule has 1 aromatic heterocycles. The molecule has 1 saturated carbocycles. The number of hydrogen-bond donors (Lipinski definition) is 3. The standard InChI is InChI=1S/C26H28ClF3N4O5S/c1-40(38,39)20(28)11-15(9-14-7-8-31-23(14)35)32-24(36)22-17-6-5-16(12-26(17,29)30)34(22)25(37)19-10-13-3-2-4-18(27)21(13)33-19/h2-4,10-11,14-17,22,33H,5-9,12H2,1H3,(H,31,35)(H,32,36)/b20-11+/t14-,15+,16+,17+,22+/m0/s1. The van der Waals surface area contributed by atoms with Gasteiger partial charge in [0.15, 0.2) is 0 Å². The third-order valence-electron chi connectivity index (χ3n) is 7.99. The number of para-hydroxylation sites is 1. The summed E-state index contributed by atoms with van der Waals surface area (Å²) in [5.41, 5.74) is 0.552. The van der Waals surface area contributed by atoms with Crippen LogP contribution in [0.1, 0.15) is 42.6 Å². The first-order valence-electron chi connectivity index (χ1n) is 12.9. The van der Waals surface area contributed by atoms with E-state index in [1.165, 1.54) is 6.07 Å². The smallest absolute Gasteiger partial charge is 0.271 e. The van der Waals surface area contributed by atoms with E-state index in [0.717, 1.165) is 4.90 Å². The molecule has 3 aliphatic heterocycles. The number of sulfone groups is 1. The van der Waals surface area contributed by atoms with Crippen LogP contribution in [0.15, 0.2) is 35.5 Å². The van der Waals surface area contributed by atoms with E-state index in [4.69, 9.17) is 11.6 Å². The zero-order chi connectivity index (χ0) is 29.0. The fraction of sp³-hybridized carbons (Fsp3) is 0.500. The Balaban J connectivity index is 1.48. The minimum Gasteiger partial charge on any atom is -0.356 e. The van der Waals surface area contributed by atoms with Gasteiger partial charge in [0.05, 0.1) is 22.5 Å². The lowest BCUT2D eigenvalue weighted by atomic mass is 9.71. The van der Waals surface area contributed by atoms with Crippen molar-refractivity contribution in [1.82, 2.24) is 20.5 Å². The van der Waals surface area contributed by atoms with Crippen LogP contribution in [0.2, 0.25) is 5.02 Å². The Morgan fingerprint density at radius 2 is 2.02 bits per heavy atom. The maximum Gasteiger partial charge on any atom is 0.271 e. The molecule has 9 nitrogen and oxygen atoms in total. The number of aromatic nitrogens is 1. The number of benzene rings is 1. The number of halogens is 4. The number of fused-ring (bicyclic) bond motifs is 4. The highest BCUT2D eigenvalue weighted by atomic mass is 35.5. The molecule has 4 fully saturated rings. The first kappa shape index (κ1) is 28.5. The van der Waals surface area contributed by atoms with Crippen molar-refractivity contribution in [3.8, 4) is 0 Å². The van der Waals surface area contributed by atoms with Crippen molar-refractivity contribution in [3.63, 3.8) is 0 Å². The molecular weight excluding hydrogens is 573 g/mol. The maximum atomic E-state index is 15.1. The number of amides is 3. The summed E-state index contributed by atoms with van der Waals surface area (Å²) in [5, 5.41) is 4.55. The molecule has 4 heterocycles. The molecule has 216 valence electrons. The molecule has 0 radical (unpaired) electrons. The van der Waals surface area contributed by atoms with Crippen LogP contribution in [0.3, 0.4) is 0 Å². The van der Waals surface area contributed by atoms with Gasteiger partial charge in [0.2, 0.25) is 26.8 Å². The van der Waals surface area contributed by atoms with Gasteiger partial charge in [-0.25, -0.2) is 17.2 Å². The van der Waals surface area contributed by atoms with E-state index >= 15 is 8.78 Å². The Labute approximate surface area is 233 Å². The number of nitrogens with one attached hydrogen (secondary N) is 3. The predicted molar refractivity (Wildman–Crippen MR) is 141 cm³/mol. The van der Waals surface area contributed by atoms with Crippen LogP contribution in [0.5, 0.6) is 0 Å². The van der Waals surface area contributed by atoms with Crippen LogP contribution in [-0.4, -0.2) is 72.9 Å². The zero-order valence-corrected chi connectivity index (χ0v) is 23.0. The Morgan fingerprint density at radius 1 is 1.27 bits per heavy atom. The SMILES string of the molecule is CS(=O)(=O)/C(F)=C/[C@@H](C[C@@H]1CCNC1=O)NC(=O)[C@H]1[C@H]2CC[C@H](CC2(F)F)N1C(=O)c1cc2cccc(Cl)c2[nH]1. The van der Waals surface area contributed by atoms with Crippen molar-refractivity contribution >= 4 is 50.1 Å². The minimum atomic E-state index is -4.27. The Morgan fingerprint density at radius 3 is 2.65 bits per heavy atom. The zero-order valence-electron chi connectivity index (χ0n) is 21.4. The molecule has 1 aromatic carbocycles. The average Bonchev–Trinajstić information content (AvgIpc) is 3.49. The summed E-state index contributed by atoms with van der Waals surface area (Å²) in [6.07, 6.45) is 1.19. The van der Waals surface area contributed by atoms with E-state index in [-0.39, 0.29) is 30.9 Å². The summed E-state index contributed by atoms with van der Waals surface area (Å²) in [7, 11) is -4.27. The largest absolute Gasteiger partial charge is 0.356 e. The number of aromatic amines is 1. The van der Waals surface area contributed by atoms with Gasteiger partial charge in [0, 0.05) is 36.6 Å². The molecule has 1 aliphatic carbocycles. The van der Waals surface area contributed by atoms with Gasteiger partial charge in [-0.2, -0.15) is 4.39 Å². The molecule has 0 spiro atoms. The van der Waals surface area contributed by atoms with Crippen LogP contribution in [0.25, 0.3) is 10.9 Å². The topological polar surface area (TPSA) is 128 Å². The number of alkyl halides is 2. The fourth-order valence-corrected chi connectivity index (χ4v) is 6.71. The number of carbonyl (C=O) groups is 3. The highest BCUT2D eigenvalue weighted by molar-refractivity contribution is 7.94. The summed E-state index contributed by atoms with van der Waals surface area (Å²) in [6.45, 7) is 0.359. The molecule has 6 rings (SSSR count). The van der Waals surface area contributed by atoms with Crippen LogP contribution >= 0.6 is 11.6 Å². The number of carbonyl (C=O) groups excluding carboxylic acids is 3. The van der Waals surface area contributed by atoms with Gasteiger partial charge in [-0.15, -0.1) is 0 Å². The molecular formula is C26H28ClF3N4O5S. The van der Waals surface area contributed by atoms with Crippen molar-refractivity contribution in [1.29, 1.82) is 0 Å². The van der Waals surface area contributed by atoms with Crippen molar-refractivity contribution in [2.75, 3.05) is 12.8 Å². The molecule has 14 heteroatoms. The molecule has 3 saturated heterocycles. The summed E-state index contributed by atoms with van der Waals surface area (Å²) >= 11 is 6.22. The number of H-pyrrole nitrogens is 1. The Kier molecular flexibility index (Phi) is 7.40. The Hall–Kier alpha value is -3.06. The van der Waals surface area contributed by atoms with Crippen molar-refractivity contribution in [2.45, 2.75) is 56.2 Å². The van der Waals surface area contributed by atoms with Gasteiger partial charge in [0.1, 0.15) is 11.7 Å². The van der Waals surface area contributed by atoms with Crippen molar-refractivity contribution in [2.24, 2.45) is 11.8 Å². The maximum absolute atomic E-state index is 15.1. The molecule has 40 heavy (non-hydrogen) atoms. The van der Waals surface area contributed by atoms with E-state index in [1.807, 2.05) is 0 Å². The van der Waals surface area contributed by atoms with Crippen LogP contribution in [0.4, 0.5) is 13.2 Å². The quantitative estimate of drug-likeness (QED) is 0.449. The molecule has 2 aromatic rings. The third kappa shape index (κ3) is 5.32. The summed E-state index contributed by atoms with van der Waals surface area (Å²) < 4.78 is 68.2. The van der Waals surface area contributed by atoms with Crippen molar-refractivity contribution in [3.05, 3.63) is 46.2 Å². The molecule has 3 N–H and O–H groups in total. The second-order valence-corrected chi connectivity index (χ2v) is 13.1. The molecule has 5 atom stereocenters. The number of rotatable bonds is 7. The first-order valence-corrected chi connectivity index (χ1v) is 15.2. The minimum absolute atomic E-state index is 0.0126. The second-order valence-electron chi connectivity index (χ2n) is 10.7. The number of nitrogens with zero attached hydrogens (tertiary/aromatic N) is 1. The van der Waals surface area contributed by atoms with Crippen LogP contribution in [-0.2, 0) is 19.4 Å². The predicted octanol–water partition coefficient (Wildman–Crippen LogP) is 3.32. The lowest BCUT2D eigenvalue weighted by Crippen LogP contribution is -2.68. The highest BCUT2D eigenvalue weighted by Gasteiger charge is 2.60. The van der Waals surface area contributed by atoms with Gasteiger partial charge < -0.3 is 20.5 Å². The Bertz CT molecular complexity index is 1510. The monoisotopic (exact) mass is 600 g/mol. The van der Waals surface area contributed by atoms with E-state index in [9.17, 15) is 27.2 Å². The normalized spacial score (nSPS) is 27.1. The van der Waals surface area contributed by atoms with Gasteiger partial charge >= 0.3 is 0 Å². The second kappa shape index (κ2) is 10.4. The van der Waals surface area contributed by atoms with Crippen LogP contribution in [0, 0.1) is 11.8 Å². The lowest BCUT2D eigenvalue weighted by Gasteiger charge is -2.53. The van der Waals surface area contributed by atoms with E-state index in [0.29, 0.717) is 41.2 Å². The van der Waals surface area contributed by atoms with Crippen LogP contribution < -0.4 is 10.6 Å². The number of piperidine rings is 2. The first-order chi connectivity index (χ1) is 18.8. The van der Waals surface area contributed by atoms with Crippen molar-refractivity contribution < 1.29 is 36.0 Å². The lowest BCUT2D eigenvalue weighted by molar-refractivity contribution is -0.179. The molecule has 0 unspecified atom stereocenters. The highest BCUT2D eigenvalue weighted by Crippen LogP contribution is 2.49. The summed E-state index contributed by atoms with van der Waals surface area (Å²) in [4.78, 5) is 43.6. The third-order valence-corrected chi connectivity index (χ3v) is 9.15. The van der Waals surface area contributed by atoms with Gasteiger partial charge in [-0.1, -0.05) is 23.7 Å². The van der Waals surface area contributed by atoms with Gasteiger partial charge in [0.25, 0.3) is 11.8 Å². The summed E-state index contributed by atoms with van der Waals surface area (Å²) in [5.74, 6) is -7.37. The van der Waals surface area contributed by atoms with Gasteiger partial charge in [-0.3, -0.25) is 14.4 Å². The van der Waals surface area contributed by atoms with E-state index in [1.54, 1.807) is 18.2 Å². The molecule has 2 bridgehead atoms. The fourth-order valence-electron chi connectivity index (χ4n) is 6.07. The number of hydrogen-bond acceptors (Lipinski definition) is 5. The van der Waals surface area contributed by atoms with Gasteiger partial charge in [-0.05, 0) is 43.9 Å². The van der Waals surface area contributed by atoms with E-state index in [2.05, 4.69) is 15.6 Å².